The summed E-state index contributed by atoms with van der Waals surface area (Å²) in [6, 6.07) is 11.7. The van der Waals surface area contributed by atoms with Crippen LogP contribution in [0.4, 0.5) is 0 Å². The van der Waals surface area contributed by atoms with Crippen LogP contribution in [0.15, 0.2) is 42.6 Å². The van der Waals surface area contributed by atoms with E-state index in [0.717, 1.165) is 31.9 Å². The molecule has 1 aromatic carbocycles. The molecule has 1 aliphatic heterocycles. The summed E-state index contributed by atoms with van der Waals surface area (Å²) >= 11 is 5.89. The minimum absolute atomic E-state index is 0.0230. The van der Waals surface area contributed by atoms with Crippen LogP contribution < -0.4 is 5.32 Å². The van der Waals surface area contributed by atoms with Gasteiger partial charge in [-0.15, -0.1) is 0 Å². The van der Waals surface area contributed by atoms with Gasteiger partial charge >= 0.3 is 0 Å². The second kappa shape index (κ2) is 8.52. The monoisotopic (exact) mass is 361 g/mol. The van der Waals surface area contributed by atoms with E-state index in [4.69, 9.17) is 16.3 Å². The molecule has 1 atom stereocenters. The topological polar surface area (TPSA) is 46.5 Å². The van der Waals surface area contributed by atoms with Gasteiger partial charge in [0.25, 0.3) is 0 Å². The van der Waals surface area contributed by atoms with Crippen LogP contribution in [-0.2, 0) is 23.0 Å². The lowest BCUT2D eigenvalue weighted by Gasteiger charge is -2.35. The van der Waals surface area contributed by atoms with Gasteiger partial charge in [-0.3, -0.25) is 9.69 Å². The van der Waals surface area contributed by atoms with Gasteiger partial charge in [-0.1, -0.05) is 23.7 Å². The van der Waals surface area contributed by atoms with Crippen LogP contribution in [-0.4, -0.2) is 48.2 Å². The Morgan fingerprint density at radius 1 is 1.24 bits per heavy atom. The molecule has 6 heteroatoms. The SMILES string of the molecule is Cn1cccc1C(CNC(=O)Cc1ccc(Cl)cc1)N1CCOCC1. The maximum absolute atomic E-state index is 12.3. The first-order valence-corrected chi connectivity index (χ1v) is 8.95. The molecule has 1 aliphatic rings. The minimum Gasteiger partial charge on any atom is -0.379 e. The number of halogens is 1. The van der Waals surface area contributed by atoms with Crippen molar-refractivity contribution in [2.45, 2.75) is 12.5 Å². The van der Waals surface area contributed by atoms with Crippen molar-refractivity contribution in [1.29, 1.82) is 0 Å². The number of nitrogens with zero attached hydrogens (tertiary/aromatic N) is 2. The Labute approximate surface area is 153 Å². The predicted molar refractivity (Wildman–Crippen MR) is 98.7 cm³/mol. The zero-order valence-corrected chi connectivity index (χ0v) is 15.2. The van der Waals surface area contributed by atoms with Crippen molar-refractivity contribution in [1.82, 2.24) is 14.8 Å². The molecule has 1 fully saturated rings. The highest BCUT2D eigenvalue weighted by molar-refractivity contribution is 6.30. The lowest BCUT2D eigenvalue weighted by atomic mass is 10.1. The van der Waals surface area contributed by atoms with Crippen LogP contribution in [0.1, 0.15) is 17.3 Å². The third kappa shape index (κ3) is 4.84. The molecule has 0 aliphatic carbocycles. The quantitative estimate of drug-likeness (QED) is 0.859. The van der Waals surface area contributed by atoms with Crippen molar-refractivity contribution in [2.75, 3.05) is 32.8 Å². The first kappa shape index (κ1) is 18.0. The first-order chi connectivity index (χ1) is 12.1. The van der Waals surface area contributed by atoms with Gasteiger partial charge in [-0.05, 0) is 29.8 Å². The maximum Gasteiger partial charge on any atom is 0.224 e. The van der Waals surface area contributed by atoms with E-state index in [1.165, 1.54) is 5.69 Å². The number of aromatic nitrogens is 1. The van der Waals surface area contributed by atoms with Gasteiger partial charge in [0.2, 0.25) is 5.91 Å². The van der Waals surface area contributed by atoms with E-state index in [1.54, 1.807) is 0 Å². The van der Waals surface area contributed by atoms with Crippen LogP contribution in [0.25, 0.3) is 0 Å². The van der Waals surface area contributed by atoms with E-state index in [-0.39, 0.29) is 11.9 Å². The number of nitrogens with one attached hydrogen (secondary N) is 1. The van der Waals surface area contributed by atoms with E-state index < -0.39 is 0 Å². The molecule has 0 saturated carbocycles. The van der Waals surface area contributed by atoms with Crippen molar-refractivity contribution in [3.63, 3.8) is 0 Å². The number of morpholine rings is 1. The molecule has 0 bridgehead atoms. The largest absolute Gasteiger partial charge is 0.379 e. The Balaban J connectivity index is 1.62. The Morgan fingerprint density at radius 2 is 1.96 bits per heavy atom. The summed E-state index contributed by atoms with van der Waals surface area (Å²) in [7, 11) is 2.04. The lowest BCUT2D eigenvalue weighted by molar-refractivity contribution is -0.120. The zero-order valence-electron chi connectivity index (χ0n) is 14.5. The molecule has 2 heterocycles. The van der Waals surface area contributed by atoms with Crippen molar-refractivity contribution in [3.8, 4) is 0 Å². The molecule has 134 valence electrons. The van der Waals surface area contributed by atoms with Crippen molar-refractivity contribution < 1.29 is 9.53 Å². The number of benzene rings is 1. The van der Waals surface area contributed by atoms with Crippen molar-refractivity contribution in [3.05, 3.63) is 58.9 Å². The third-order valence-electron chi connectivity index (χ3n) is 4.58. The summed E-state index contributed by atoms with van der Waals surface area (Å²) in [6.45, 7) is 3.81. The highest BCUT2D eigenvalue weighted by Crippen LogP contribution is 2.21. The number of rotatable bonds is 6. The Hall–Kier alpha value is -1.82. The Kier molecular flexibility index (Phi) is 6.13. The normalized spacial score (nSPS) is 16.6. The fourth-order valence-corrected chi connectivity index (χ4v) is 3.32. The van der Waals surface area contributed by atoms with E-state index in [2.05, 4.69) is 20.9 Å². The number of amides is 1. The van der Waals surface area contributed by atoms with E-state index in [0.29, 0.717) is 18.0 Å². The molecular formula is C19H24ClN3O2. The summed E-state index contributed by atoms with van der Waals surface area (Å²) in [5, 5.41) is 3.77. The summed E-state index contributed by atoms with van der Waals surface area (Å²) in [5.41, 5.74) is 2.16. The highest BCUT2D eigenvalue weighted by atomic mass is 35.5. The number of carbonyl (C=O) groups excluding carboxylic acids is 1. The fraction of sp³-hybridized carbons (Fsp3) is 0.421. The number of aryl methyl sites for hydroxylation is 1. The van der Waals surface area contributed by atoms with Gasteiger partial charge in [-0.25, -0.2) is 0 Å². The molecule has 2 aromatic rings. The molecule has 1 N–H and O–H groups in total. The number of carbonyl (C=O) groups is 1. The number of hydrogen-bond acceptors (Lipinski definition) is 3. The van der Waals surface area contributed by atoms with Crippen LogP contribution >= 0.6 is 11.6 Å². The average molecular weight is 362 g/mol. The second-order valence-corrected chi connectivity index (χ2v) is 6.75. The van der Waals surface area contributed by atoms with Gasteiger partial charge in [-0.2, -0.15) is 0 Å². The molecule has 3 rings (SSSR count). The van der Waals surface area contributed by atoms with Gasteiger partial charge in [0.15, 0.2) is 0 Å². The van der Waals surface area contributed by atoms with Crippen molar-refractivity contribution in [2.24, 2.45) is 7.05 Å². The summed E-state index contributed by atoms with van der Waals surface area (Å²) in [4.78, 5) is 14.7. The molecule has 5 nitrogen and oxygen atoms in total. The average Bonchev–Trinajstić information content (AvgIpc) is 3.04. The number of ether oxygens (including phenoxy) is 1. The van der Waals surface area contributed by atoms with Gasteiger partial charge < -0.3 is 14.6 Å². The lowest BCUT2D eigenvalue weighted by Crippen LogP contribution is -2.44. The highest BCUT2D eigenvalue weighted by Gasteiger charge is 2.24. The molecule has 1 unspecified atom stereocenters. The Morgan fingerprint density at radius 3 is 2.60 bits per heavy atom. The molecule has 1 saturated heterocycles. The van der Waals surface area contributed by atoms with Crippen LogP contribution in [0.2, 0.25) is 5.02 Å². The van der Waals surface area contributed by atoms with E-state index in [9.17, 15) is 4.79 Å². The van der Waals surface area contributed by atoms with E-state index >= 15 is 0 Å². The van der Waals surface area contributed by atoms with Crippen LogP contribution in [0.3, 0.4) is 0 Å². The first-order valence-electron chi connectivity index (χ1n) is 8.57. The fourth-order valence-electron chi connectivity index (χ4n) is 3.19. The number of hydrogen-bond donors (Lipinski definition) is 1. The van der Waals surface area contributed by atoms with Crippen molar-refractivity contribution >= 4 is 17.5 Å². The smallest absolute Gasteiger partial charge is 0.224 e. The zero-order chi connectivity index (χ0) is 17.6. The van der Waals surface area contributed by atoms with Gasteiger partial charge in [0.1, 0.15) is 0 Å². The predicted octanol–water partition coefficient (Wildman–Crippen LogP) is 2.41. The summed E-state index contributed by atoms with van der Waals surface area (Å²) < 4.78 is 7.58. The maximum atomic E-state index is 12.3. The standard InChI is InChI=1S/C19H24ClN3O2/c1-22-8-2-3-17(22)18(23-9-11-25-12-10-23)14-21-19(24)13-15-4-6-16(20)7-5-15/h2-8,18H,9-14H2,1H3,(H,21,24). The second-order valence-electron chi connectivity index (χ2n) is 6.32. The summed E-state index contributed by atoms with van der Waals surface area (Å²) in [6.07, 6.45) is 2.40. The third-order valence-corrected chi connectivity index (χ3v) is 4.83. The summed E-state index contributed by atoms with van der Waals surface area (Å²) in [5.74, 6) is 0.0230. The molecule has 1 amide bonds. The molecule has 1 aromatic heterocycles. The Bertz CT molecular complexity index is 693. The molecule has 0 radical (unpaired) electrons. The molecular weight excluding hydrogens is 338 g/mol. The van der Waals surface area contributed by atoms with Gasteiger partial charge in [0.05, 0.1) is 25.7 Å². The molecule has 0 spiro atoms. The van der Waals surface area contributed by atoms with Crippen LogP contribution in [0, 0.1) is 0 Å². The van der Waals surface area contributed by atoms with Gasteiger partial charge in [0, 0.05) is 43.6 Å². The molecule has 25 heavy (non-hydrogen) atoms. The van der Waals surface area contributed by atoms with E-state index in [1.807, 2.05) is 43.6 Å². The minimum atomic E-state index is 0.0230. The van der Waals surface area contributed by atoms with Crippen LogP contribution in [0.5, 0.6) is 0 Å².